The average Bonchev–Trinajstić information content (AvgIpc) is 2.79. The number of allylic oxidation sites excluding steroid dienone is 6. The van der Waals surface area contributed by atoms with E-state index in [1.54, 1.807) is 18.2 Å². The standard InChI is InChI=1S/C31H40O6/c1-21(2)11-8-13-23(5)17-19-34-29-28-26(36-25(7)32)15-10-16-27(28)37-31(33)30(29)35-20-18-24(6)14-9-12-22(3)4/h10-12,15-18H,8-9,13-14,19-20H2,1-7H3. The van der Waals surface area contributed by atoms with E-state index in [4.69, 9.17) is 18.6 Å². The predicted octanol–water partition coefficient (Wildman–Crippen LogP) is 7.86. The summed E-state index contributed by atoms with van der Waals surface area (Å²) in [4.78, 5) is 24.6. The second kappa shape index (κ2) is 14.9. The molecule has 0 bridgehead atoms. The summed E-state index contributed by atoms with van der Waals surface area (Å²) in [6.07, 6.45) is 12.0. The summed E-state index contributed by atoms with van der Waals surface area (Å²) in [5.41, 5.74) is 4.49. The van der Waals surface area contributed by atoms with Crippen LogP contribution in [0.15, 0.2) is 74.0 Å². The lowest BCUT2D eigenvalue weighted by Crippen LogP contribution is -2.12. The molecule has 2 aromatic rings. The Morgan fingerprint density at radius 3 is 1.84 bits per heavy atom. The summed E-state index contributed by atoms with van der Waals surface area (Å²) in [6.45, 7) is 14.1. The zero-order valence-corrected chi connectivity index (χ0v) is 23.2. The number of fused-ring (bicyclic) bond motifs is 1. The molecule has 1 aromatic heterocycles. The van der Waals surface area contributed by atoms with Crippen molar-refractivity contribution in [3.05, 3.63) is 75.2 Å². The maximum atomic E-state index is 12.9. The molecule has 0 aliphatic carbocycles. The first-order valence-corrected chi connectivity index (χ1v) is 12.7. The van der Waals surface area contributed by atoms with Crippen LogP contribution in [0.5, 0.6) is 17.2 Å². The van der Waals surface area contributed by atoms with E-state index in [1.807, 2.05) is 26.0 Å². The van der Waals surface area contributed by atoms with Gasteiger partial charge in [-0.3, -0.25) is 4.79 Å². The van der Waals surface area contributed by atoms with E-state index < -0.39 is 11.6 Å². The van der Waals surface area contributed by atoms with Gasteiger partial charge in [0.25, 0.3) is 0 Å². The number of ether oxygens (including phenoxy) is 3. The van der Waals surface area contributed by atoms with Crippen LogP contribution in [0.3, 0.4) is 0 Å². The molecule has 0 fully saturated rings. The number of esters is 1. The molecule has 0 N–H and O–H groups in total. The van der Waals surface area contributed by atoms with Crippen LogP contribution in [-0.4, -0.2) is 19.2 Å². The van der Waals surface area contributed by atoms with Gasteiger partial charge in [0.1, 0.15) is 29.9 Å². The molecule has 0 saturated heterocycles. The van der Waals surface area contributed by atoms with E-state index in [2.05, 4.69) is 39.8 Å². The van der Waals surface area contributed by atoms with Crippen LogP contribution in [0.2, 0.25) is 0 Å². The van der Waals surface area contributed by atoms with Gasteiger partial charge in [-0.1, -0.05) is 40.5 Å². The van der Waals surface area contributed by atoms with Gasteiger partial charge in [0.05, 0.1) is 0 Å². The van der Waals surface area contributed by atoms with E-state index in [9.17, 15) is 9.59 Å². The first kappa shape index (κ1) is 29.7. The minimum atomic E-state index is -0.651. The molecule has 0 atom stereocenters. The molecule has 1 aromatic carbocycles. The summed E-state index contributed by atoms with van der Waals surface area (Å²) in [5.74, 6) is -0.0913. The fraction of sp³-hybridized carbons (Fsp3) is 0.419. The summed E-state index contributed by atoms with van der Waals surface area (Å²) in [7, 11) is 0. The molecule has 6 heteroatoms. The maximum Gasteiger partial charge on any atom is 0.383 e. The van der Waals surface area contributed by atoms with E-state index in [0.717, 1.165) is 31.3 Å². The van der Waals surface area contributed by atoms with E-state index >= 15 is 0 Å². The molecule has 0 spiro atoms. The van der Waals surface area contributed by atoms with Crippen LogP contribution in [-0.2, 0) is 4.79 Å². The van der Waals surface area contributed by atoms with Gasteiger partial charge in [-0.15, -0.1) is 0 Å². The highest BCUT2D eigenvalue weighted by molar-refractivity contribution is 5.93. The normalized spacial score (nSPS) is 11.8. The van der Waals surface area contributed by atoms with Gasteiger partial charge in [0.2, 0.25) is 5.75 Å². The molecular weight excluding hydrogens is 468 g/mol. The fourth-order valence-corrected chi connectivity index (χ4v) is 3.59. The maximum absolute atomic E-state index is 12.9. The fourth-order valence-electron chi connectivity index (χ4n) is 3.59. The Kier molecular flexibility index (Phi) is 11.9. The first-order chi connectivity index (χ1) is 17.6. The minimum absolute atomic E-state index is 0.0453. The molecule has 6 nitrogen and oxygen atoms in total. The molecule has 0 aliphatic heterocycles. The third-order valence-corrected chi connectivity index (χ3v) is 5.56. The summed E-state index contributed by atoms with van der Waals surface area (Å²) in [6, 6.07) is 4.92. The molecular formula is C31H40O6. The Morgan fingerprint density at radius 1 is 0.784 bits per heavy atom. The monoisotopic (exact) mass is 508 g/mol. The Bertz CT molecular complexity index is 1250. The van der Waals surface area contributed by atoms with E-state index in [-0.39, 0.29) is 36.0 Å². The third kappa shape index (κ3) is 10.2. The van der Waals surface area contributed by atoms with Crippen molar-refractivity contribution in [3.8, 4) is 17.2 Å². The van der Waals surface area contributed by atoms with Crippen LogP contribution in [0.1, 0.15) is 74.1 Å². The highest BCUT2D eigenvalue weighted by Gasteiger charge is 2.21. The van der Waals surface area contributed by atoms with Crippen LogP contribution < -0.4 is 19.8 Å². The van der Waals surface area contributed by atoms with Crippen molar-refractivity contribution in [1.82, 2.24) is 0 Å². The van der Waals surface area contributed by atoms with Crippen molar-refractivity contribution < 1.29 is 23.4 Å². The summed E-state index contributed by atoms with van der Waals surface area (Å²) >= 11 is 0. The van der Waals surface area contributed by atoms with Crippen LogP contribution >= 0.6 is 0 Å². The lowest BCUT2D eigenvalue weighted by atomic mass is 10.1. The zero-order chi connectivity index (χ0) is 27.4. The van der Waals surface area contributed by atoms with Gasteiger partial charge in [-0.05, 0) is 91.5 Å². The van der Waals surface area contributed by atoms with Crippen LogP contribution in [0.4, 0.5) is 0 Å². The van der Waals surface area contributed by atoms with Crippen molar-refractivity contribution in [2.45, 2.75) is 74.1 Å². The quantitative estimate of drug-likeness (QED) is 0.119. The largest absolute Gasteiger partial charge is 0.484 e. The summed E-state index contributed by atoms with van der Waals surface area (Å²) in [5, 5.41) is 0.382. The van der Waals surface area contributed by atoms with Crippen LogP contribution in [0.25, 0.3) is 11.0 Å². The van der Waals surface area contributed by atoms with Gasteiger partial charge < -0.3 is 18.6 Å². The Morgan fingerprint density at radius 2 is 1.32 bits per heavy atom. The first-order valence-electron chi connectivity index (χ1n) is 12.7. The highest BCUT2D eigenvalue weighted by atomic mass is 16.5. The number of hydrogen-bond donors (Lipinski definition) is 0. The Labute approximate surface area is 220 Å². The lowest BCUT2D eigenvalue weighted by Gasteiger charge is -2.15. The Balaban J connectivity index is 2.37. The van der Waals surface area contributed by atoms with E-state index in [1.165, 1.54) is 23.6 Å². The third-order valence-electron chi connectivity index (χ3n) is 5.56. The van der Waals surface area contributed by atoms with Gasteiger partial charge in [0, 0.05) is 6.92 Å². The second-order valence-electron chi connectivity index (χ2n) is 9.63. The van der Waals surface area contributed by atoms with Gasteiger partial charge in [-0.2, -0.15) is 0 Å². The number of carbonyl (C=O) groups excluding carboxylic acids is 1. The highest BCUT2D eigenvalue weighted by Crippen LogP contribution is 2.39. The van der Waals surface area contributed by atoms with Gasteiger partial charge >= 0.3 is 11.6 Å². The second-order valence-corrected chi connectivity index (χ2v) is 9.63. The van der Waals surface area contributed by atoms with E-state index in [0.29, 0.717) is 5.39 Å². The summed E-state index contributed by atoms with van der Waals surface area (Å²) < 4.78 is 22.9. The minimum Gasteiger partial charge on any atom is -0.484 e. The number of hydrogen-bond acceptors (Lipinski definition) is 6. The molecule has 0 amide bonds. The molecule has 0 saturated carbocycles. The topological polar surface area (TPSA) is 75.0 Å². The molecule has 200 valence electrons. The smallest absolute Gasteiger partial charge is 0.383 e. The van der Waals surface area contributed by atoms with Crippen LogP contribution in [0, 0.1) is 0 Å². The number of carbonyl (C=O) groups is 1. The predicted molar refractivity (Wildman–Crippen MR) is 150 cm³/mol. The van der Waals surface area contributed by atoms with Crippen molar-refractivity contribution in [1.29, 1.82) is 0 Å². The van der Waals surface area contributed by atoms with Crippen molar-refractivity contribution >= 4 is 16.9 Å². The molecule has 37 heavy (non-hydrogen) atoms. The SMILES string of the molecule is CC(=O)Oc1cccc2oc(=O)c(OCC=C(C)CCC=C(C)C)c(OCC=C(C)CCC=C(C)C)c12. The number of rotatable bonds is 13. The van der Waals surface area contributed by atoms with Gasteiger partial charge in [0.15, 0.2) is 5.75 Å². The molecule has 0 unspecified atom stereocenters. The van der Waals surface area contributed by atoms with Crippen molar-refractivity contribution in [2.75, 3.05) is 13.2 Å². The zero-order valence-electron chi connectivity index (χ0n) is 23.2. The van der Waals surface area contributed by atoms with Gasteiger partial charge in [-0.25, -0.2) is 4.79 Å². The molecule has 2 rings (SSSR count). The Hall–Kier alpha value is -3.54. The lowest BCUT2D eigenvalue weighted by molar-refractivity contribution is -0.131. The van der Waals surface area contributed by atoms with Crippen molar-refractivity contribution in [3.63, 3.8) is 0 Å². The molecule has 0 radical (unpaired) electrons. The number of benzene rings is 1. The average molecular weight is 509 g/mol. The molecule has 1 heterocycles. The van der Waals surface area contributed by atoms with Crippen molar-refractivity contribution in [2.24, 2.45) is 0 Å². The molecule has 0 aliphatic rings.